The molecule has 0 radical (unpaired) electrons. The molecule has 0 bridgehead atoms. The molecule has 130 valence electrons. The Hall–Kier alpha value is -2.41. The van der Waals surface area contributed by atoms with Crippen molar-refractivity contribution in [2.24, 2.45) is 5.92 Å². The van der Waals surface area contributed by atoms with Crippen LogP contribution in [0.4, 0.5) is 5.13 Å². The Bertz CT molecular complexity index is 868. The fourth-order valence-corrected chi connectivity index (χ4v) is 4.19. The number of nitrogens with zero attached hydrogens (tertiary/aromatic N) is 4. The van der Waals surface area contributed by atoms with Crippen LogP contribution in [0.1, 0.15) is 12.0 Å². The first-order chi connectivity index (χ1) is 12.2. The second kappa shape index (κ2) is 6.84. The van der Waals surface area contributed by atoms with Crippen LogP contribution in [0.5, 0.6) is 11.6 Å². The number of anilines is 1. The maximum Gasteiger partial charge on any atom is 0.232 e. The van der Waals surface area contributed by atoms with Crippen LogP contribution < -0.4 is 14.4 Å². The third kappa shape index (κ3) is 3.24. The second-order valence-electron chi connectivity index (χ2n) is 6.21. The minimum Gasteiger partial charge on any atom is -0.494 e. The van der Waals surface area contributed by atoms with Gasteiger partial charge in [-0.1, -0.05) is 17.4 Å². The lowest BCUT2D eigenvalue weighted by molar-refractivity contribution is 0.251. The molecule has 0 saturated carbocycles. The summed E-state index contributed by atoms with van der Waals surface area (Å²) in [6, 6.07) is 4.08. The molecule has 3 heterocycles. The molecule has 4 rings (SSSR count). The van der Waals surface area contributed by atoms with Gasteiger partial charge in [-0.15, -0.1) is 0 Å². The van der Waals surface area contributed by atoms with Gasteiger partial charge in [0.05, 0.1) is 24.6 Å². The molecule has 0 spiro atoms. The number of benzene rings is 1. The number of thiazole rings is 1. The van der Waals surface area contributed by atoms with Gasteiger partial charge < -0.3 is 14.4 Å². The van der Waals surface area contributed by atoms with Gasteiger partial charge in [0, 0.05) is 31.4 Å². The van der Waals surface area contributed by atoms with E-state index in [9.17, 15) is 0 Å². The summed E-state index contributed by atoms with van der Waals surface area (Å²) in [5.41, 5.74) is 2.20. The maximum atomic E-state index is 5.75. The lowest BCUT2D eigenvalue weighted by Crippen LogP contribution is -2.21. The van der Waals surface area contributed by atoms with Crippen molar-refractivity contribution in [1.29, 1.82) is 0 Å². The van der Waals surface area contributed by atoms with Gasteiger partial charge in [-0.3, -0.25) is 4.98 Å². The number of hydrogen-bond acceptors (Lipinski definition) is 7. The van der Waals surface area contributed by atoms with Crippen LogP contribution in [0.15, 0.2) is 30.7 Å². The molecule has 1 unspecified atom stereocenters. The van der Waals surface area contributed by atoms with Crippen LogP contribution in [0.3, 0.4) is 0 Å². The molecule has 25 heavy (non-hydrogen) atoms. The summed E-state index contributed by atoms with van der Waals surface area (Å²) in [6.45, 7) is 4.71. The number of methoxy groups -OCH3 is 1. The van der Waals surface area contributed by atoms with Crippen molar-refractivity contribution in [3.63, 3.8) is 0 Å². The first-order valence-electron chi connectivity index (χ1n) is 8.32. The molecule has 1 aromatic carbocycles. The molecule has 2 aromatic heterocycles. The molecule has 0 amide bonds. The molecule has 1 aliphatic heterocycles. The molecule has 3 aromatic rings. The van der Waals surface area contributed by atoms with E-state index < -0.39 is 0 Å². The predicted molar refractivity (Wildman–Crippen MR) is 98.8 cm³/mol. The van der Waals surface area contributed by atoms with E-state index in [2.05, 4.69) is 27.9 Å². The van der Waals surface area contributed by atoms with Gasteiger partial charge in [-0.25, -0.2) is 9.97 Å². The van der Waals surface area contributed by atoms with E-state index in [1.807, 2.05) is 6.07 Å². The Balaban J connectivity index is 1.46. The zero-order valence-corrected chi connectivity index (χ0v) is 15.1. The molecular weight excluding hydrogens is 336 g/mol. The monoisotopic (exact) mass is 356 g/mol. The number of fused-ring (bicyclic) bond motifs is 1. The number of ether oxygens (including phenoxy) is 2. The van der Waals surface area contributed by atoms with Crippen molar-refractivity contribution >= 4 is 26.7 Å². The molecule has 1 saturated heterocycles. The van der Waals surface area contributed by atoms with E-state index in [0.717, 1.165) is 35.9 Å². The van der Waals surface area contributed by atoms with E-state index >= 15 is 0 Å². The topological polar surface area (TPSA) is 60.4 Å². The van der Waals surface area contributed by atoms with E-state index in [1.54, 1.807) is 37.0 Å². The number of aromatic nitrogens is 3. The Morgan fingerprint density at radius 2 is 2.24 bits per heavy atom. The van der Waals surface area contributed by atoms with Gasteiger partial charge in [0.25, 0.3) is 0 Å². The highest BCUT2D eigenvalue weighted by Gasteiger charge is 2.26. The fraction of sp³-hybridized carbons (Fsp3) is 0.389. The largest absolute Gasteiger partial charge is 0.494 e. The van der Waals surface area contributed by atoms with Crippen molar-refractivity contribution in [2.45, 2.75) is 13.3 Å². The zero-order chi connectivity index (χ0) is 17.2. The highest BCUT2D eigenvalue weighted by atomic mass is 32.1. The van der Waals surface area contributed by atoms with Gasteiger partial charge in [0.2, 0.25) is 5.88 Å². The van der Waals surface area contributed by atoms with Crippen molar-refractivity contribution in [2.75, 3.05) is 31.7 Å². The Morgan fingerprint density at radius 1 is 1.32 bits per heavy atom. The highest BCUT2D eigenvalue weighted by molar-refractivity contribution is 7.22. The number of rotatable bonds is 5. The van der Waals surface area contributed by atoms with Crippen LogP contribution in [-0.2, 0) is 0 Å². The van der Waals surface area contributed by atoms with Gasteiger partial charge >= 0.3 is 0 Å². The molecule has 1 atom stereocenters. The summed E-state index contributed by atoms with van der Waals surface area (Å²) in [7, 11) is 1.69. The van der Waals surface area contributed by atoms with Crippen LogP contribution in [0.25, 0.3) is 10.2 Å². The summed E-state index contributed by atoms with van der Waals surface area (Å²) < 4.78 is 12.4. The minimum atomic E-state index is 0.469. The zero-order valence-electron chi connectivity index (χ0n) is 14.3. The molecular formula is C18H20N4O2S. The van der Waals surface area contributed by atoms with Crippen LogP contribution in [-0.4, -0.2) is 41.8 Å². The first-order valence-corrected chi connectivity index (χ1v) is 9.14. The van der Waals surface area contributed by atoms with Gasteiger partial charge in [-0.2, -0.15) is 0 Å². The predicted octanol–water partition coefficient (Wildman–Crippen LogP) is 3.31. The lowest BCUT2D eigenvalue weighted by atomic mass is 10.1. The van der Waals surface area contributed by atoms with E-state index in [4.69, 9.17) is 14.5 Å². The standard InChI is InChI=1S/C18H20N4O2S/c1-12-3-4-14(23-2)16-17(12)25-18(21-16)22-8-5-13(10-22)11-24-15-9-19-6-7-20-15/h3-4,6-7,9,13H,5,8,10-11H2,1-2H3. The Labute approximate surface area is 150 Å². The van der Waals surface area contributed by atoms with Crippen LogP contribution in [0.2, 0.25) is 0 Å². The Kier molecular flexibility index (Phi) is 4.40. The van der Waals surface area contributed by atoms with Gasteiger partial charge in [0.15, 0.2) is 5.13 Å². The van der Waals surface area contributed by atoms with Crippen LogP contribution in [0, 0.1) is 12.8 Å². The fourth-order valence-electron chi connectivity index (χ4n) is 3.10. The minimum absolute atomic E-state index is 0.469. The first kappa shape index (κ1) is 16.1. The van der Waals surface area contributed by atoms with Crippen molar-refractivity contribution in [3.8, 4) is 11.6 Å². The van der Waals surface area contributed by atoms with Gasteiger partial charge in [-0.05, 0) is 25.0 Å². The van der Waals surface area contributed by atoms with Gasteiger partial charge in [0.1, 0.15) is 11.3 Å². The smallest absolute Gasteiger partial charge is 0.232 e. The normalized spacial score (nSPS) is 17.2. The Morgan fingerprint density at radius 3 is 3.04 bits per heavy atom. The summed E-state index contributed by atoms with van der Waals surface area (Å²) in [4.78, 5) is 15.4. The molecule has 6 nitrogen and oxygen atoms in total. The SMILES string of the molecule is COc1ccc(C)c2sc(N3CCC(COc4cnccn4)C3)nc12. The third-order valence-electron chi connectivity index (χ3n) is 4.47. The number of aryl methyl sites for hydroxylation is 1. The summed E-state index contributed by atoms with van der Waals surface area (Å²) in [5, 5.41) is 1.06. The molecule has 1 aliphatic rings. The summed E-state index contributed by atoms with van der Waals surface area (Å²) >= 11 is 1.74. The lowest BCUT2D eigenvalue weighted by Gasteiger charge is -2.15. The molecule has 0 aliphatic carbocycles. The van der Waals surface area contributed by atoms with E-state index in [-0.39, 0.29) is 0 Å². The number of hydrogen-bond donors (Lipinski definition) is 0. The quantitative estimate of drug-likeness (QED) is 0.699. The maximum absolute atomic E-state index is 5.75. The summed E-state index contributed by atoms with van der Waals surface area (Å²) in [6.07, 6.45) is 6.03. The third-order valence-corrected chi connectivity index (χ3v) is 5.73. The van der Waals surface area contributed by atoms with Crippen molar-refractivity contribution in [3.05, 3.63) is 36.3 Å². The average molecular weight is 356 g/mol. The van der Waals surface area contributed by atoms with E-state index in [0.29, 0.717) is 18.4 Å². The molecule has 7 heteroatoms. The van der Waals surface area contributed by atoms with Crippen molar-refractivity contribution < 1.29 is 9.47 Å². The van der Waals surface area contributed by atoms with Crippen LogP contribution >= 0.6 is 11.3 Å². The van der Waals surface area contributed by atoms with Crippen molar-refractivity contribution in [1.82, 2.24) is 15.0 Å². The van der Waals surface area contributed by atoms with E-state index in [1.165, 1.54) is 10.3 Å². The summed E-state index contributed by atoms with van der Waals surface area (Å²) in [5.74, 6) is 1.89. The average Bonchev–Trinajstić information content (AvgIpc) is 3.29. The molecule has 1 fully saturated rings. The second-order valence-corrected chi connectivity index (χ2v) is 7.19. The molecule has 0 N–H and O–H groups in total. The highest BCUT2D eigenvalue weighted by Crippen LogP contribution is 2.37.